The van der Waals surface area contributed by atoms with Crippen LogP contribution in [-0.2, 0) is 0 Å². The van der Waals surface area contributed by atoms with Gasteiger partial charge in [-0.1, -0.05) is 123 Å². The van der Waals surface area contributed by atoms with Crippen molar-refractivity contribution >= 4 is 142 Å². The minimum Gasteiger partial charge on any atom is -0.458 e. The summed E-state index contributed by atoms with van der Waals surface area (Å²) in [5.74, 6) is 3.64. The molecule has 0 unspecified atom stereocenters. The fourth-order valence-corrected chi connectivity index (χ4v) is 10.8. The number of hydrogen-bond acceptors (Lipinski definition) is 2. The van der Waals surface area contributed by atoms with Gasteiger partial charge < -0.3 is 9.47 Å². The standard InChI is InChI=1S/C40H16B2Br4O2/c43-19-3-7-27-31(13-19)48-34-16-22(46)12-26-24-6-2-18-10-30-37-23(5-1-17-9-29(41(27)40(26)34)38(24)36(18)35(17)37)25-11-21(45)15-33-39(25)42(30)28-8-4-20(44)14-32(28)47-33/h1-16H. The highest BCUT2D eigenvalue weighted by atomic mass is 79.9. The van der Waals surface area contributed by atoms with Crippen molar-refractivity contribution < 1.29 is 9.47 Å². The van der Waals surface area contributed by atoms with Crippen LogP contribution in [0.25, 0.3) is 54.6 Å². The first-order valence-electron chi connectivity index (χ1n) is 15.8. The van der Waals surface area contributed by atoms with Gasteiger partial charge in [0.2, 0.25) is 0 Å². The summed E-state index contributed by atoms with van der Waals surface area (Å²) < 4.78 is 17.3. The maximum atomic E-state index is 6.62. The Labute approximate surface area is 309 Å². The highest BCUT2D eigenvalue weighted by Gasteiger charge is 2.43. The first kappa shape index (κ1) is 27.3. The van der Waals surface area contributed by atoms with E-state index in [4.69, 9.17) is 9.47 Å². The average Bonchev–Trinajstić information content (AvgIpc) is 3.07. The highest BCUT2D eigenvalue weighted by Crippen LogP contribution is 2.47. The molecule has 0 aliphatic carbocycles. The van der Waals surface area contributed by atoms with Crippen LogP contribution in [-0.4, -0.2) is 13.4 Å². The van der Waals surface area contributed by atoms with Crippen LogP contribution in [0, 0.1) is 0 Å². The molecule has 0 fully saturated rings. The summed E-state index contributed by atoms with van der Waals surface area (Å²) in [5.41, 5.74) is 12.6. The van der Waals surface area contributed by atoms with E-state index in [1.165, 1.54) is 87.3 Å². The van der Waals surface area contributed by atoms with Gasteiger partial charge in [-0.25, -0.2) is 0 Å². The Morgan fingerprint density at radius 3 is 1.25 bits per heavy atom. The Bertz CT molecular complexity index is 2670. The third kappa shape index (κ3) is 3.31. The Morgan fingerprint density at radius 1 is 0.354 bits per heavy atom. The molecule has 4 heterocycles. The van der Waals surface area contributed by atoms with E-state index in [2.05, 4.69) is 161 Å². The average molecular weight is 870 g/mol. The Balaban J connectivity index is 1.26. The summed E-state index contributed by atoms with van der Waals surface area (Å²) in [4.78, 5) is 0. The smallest absolute Gasteiger partial charge is 0.252 e. The molecule has 0 spiro atoms. The third-order valence-corrected chi connectivity index (χ3v) is 12.8. The Hall–Kier alpha value is -3.55. The molecule has 8 aromatic carbocycles. The second-order valence-corrected chi connectivity index (χ2v) is 16.9. The molecule has 0 aromatic heterocycles. The van der Waals surface area contributed by atoms with Gasteiger partial charge in [0.05, 0.1) is 0 Å². The zero-order valence-electron chi connectivity index (χ0n) is 24.7. The first-order chi connectivity index (χ1) is 23.4. The molecule has 48 heavy (non-hydrogen) atoms. The molecule has 4 aliphatic heterocycles. The van der Waals surface area contributed by atoms with E-state index < -0.39 is 0 Å². The van der Waals surface area contributed by atoms with Crippen molar-refractivity contribution in [1.82, 2.24) is 0 Å². The van der Waals surface area contributed by atoms with E-state index in [9.17, 15) is 0 Å². The van der Waals surface area contributed by atoms with E-state index in [0.717, 1.165) is 40.9 Å². The van der Waals surface area contributed by atoms with Crippen LogP contribution in [0.1, 0.15) is 0 Å². The molecule has 8 aromatic rings. The van der Waals surface area contributed by atoms with E-state index >= 15 is 0 Å². The Morgan fingerprint density at radius 2 is 0.792 bits per heavy atom. The number of hydrogen-bond donors (Lipinski definition) is 0. The van der Waals surface area contributed by atoms with E-state index in [1.54, 1.807) is 0 Å². The zero-order valence-corrected chi connectivity index (χ0v) is 31.1. The number of rotatable bonds is 0. The van der Waals surface area contributed by atoms with Crippen LogP contribution >= 0.6 is 63.7 Å². The number of ether oxygens (including phenoxy) is 2. The molecule has 222 valence electrons. The Kier molecular flexibility index (Phi) is 5.21. The fraction of sp³-hybridized carbons (Fsp3) is 0. The molecule has 12 rings (SSSR count). The summed E-state index contributed by atoms with van der Waals surface area (Å²) in [6.45, 7) is 0.127. The summed E-state index contributed by atoms with van der Waals surface area (Å²) in [6.07, 6.45) is 0. The zero-order chi connectivity index (χ0) is 31.7. The maximum Gasteiger partial charge on any atom is 0.252 e. The topological polar surface area (TPSA) is 18.5 Å². The normalized spacial score (nSPS) is 14.1. The second kappa shape index (κ2) is 9.16. The largest absolute Gasteiger partial charge is 0.458 e. The molecule has 0 amide bonds. The van der Waals surface area contributed by atoms with Crippen molar-refractivity contribution in [3.05, 3.63) is 115 Å². The van der Waals surface area contributed by atoms with Crippen molar-refractivity contribution in [2.24, 2.45) is 0 Å². The lowest BCUT2D eigenvalue weighted by molar-refractivity contribution is 0.486. The highest BCUT2D eigenvalue weighted by molar-refractivity contribution is 9.11. The molecule has 0 N–H and O–H groups in total. The molecule has 8 heteroatoms. The van der Waals surface area contributed by atoms with Crippen LogP contribution in [0.5, 0.6) is 23.0 Å². The third-order valence-electron chi connectivity index (χ3n) is 10.9. The summed E-state index contributed by atoms with van der Waals surface area (Å²) in [6, 6.07) is 36.0. The van der Waals surface area contributed by atoms with Gasteiger partial charge in [-0.3, -0.25) is 0 Å². The number of halogens is 4. The van der Waals surface area contributed by atoms with Crippen LogP contribution < -0.4 is 42.3 Å². The number of benzene rings is 8. The van der Waals surface area contributed by atoms with Gasteiger partial charge in [0.1, 0.15) is 23.0 Å². The van der Waals surface area contributed by atoms with Crippen molar-refractivity contribution in [2.45, 2.75) is 0 Å². The van der Waals surface area contributed by atoms with Crippen molar-refractivity contribution in [2.75, 3.05) is 0 Å². The van der Waals surface area contributed by atoms with Crippen LogP contribution in [0.3, 0.4) is 0 Å². The molecule has 0 radical (unpaired) electrons. The van der Waals surface area contributed by atoms with E-state index in [-0.39, 0.29) is 13.4 Å². The quantitative estimate of drug-likeness (QED) is 0.112. The van der Waals surface area contributed by atoms with Crippen LogP contribution in [0.4, 0.5) is 0 Å². The van der Waals surface area contributed by atoms with Gasteiger partial charge in [0.25, 0.3) is 13.4 Å². The van der Waals surface area contributed by atoms with Gasteiger partial charge in [0.15, 0.2) is 0 Å². The van der Waals surface area contributed by atoms with Gasteiger partial charge in [-0.2, -0.15) is 0 Å². The SMILES string of the molecule is Brc1ccc2c(c1)Oc1cc(Br)cc3c1B2c1cc2ccc4c5c(cc6ccc-3c1c6c25)B1c2ccc(Br)cc2Oc2cc(Br)cc-4c21. The maximum absolute atomic E-state index is 6.62. The molecule has 0 bridgehead atoms. The molecular formula is C40H16B2Br4O2. The van der Waals surface area contributed by atoms with Crippen molar-refractivity contribution in [3.63, 3.8) is 0 Å². The minimum absolute atomic E-state index is 0.0635. The van der Waals surface area contributed by atoms with E-state index in [1.807, 2.05) is 0 Å². The van der Waals surface area contributed by atoms with Crippen LogP contribution in [0.15, 0.2) is 115 Å². The first-order valence-corrected chi connectivity index (χ1v) is 19.0. The predicted molar refractivity (Wildman–Crippen MR) is 214 cm³/mol. The predicted octanol–water partition coefficient (Wildman–Crippen LogP) is 8.84. The fourth-order valence-electron chi connectivity index (χ4n) is 9.26. The molecule has 0 saturated heterocycles. The van der Waals surface area contributed by atoms with Crippen molar-refractivity contribution in [3.8, 4) is 45.3 Å². The van der Waals surface area contributed by atoms with Gasteiger partial charge >= 0.3 is 0 Å². The van der Waals surface area contributed by atoms with Gasteiger partial charge in [-0.15, -0.1) is 0 Å². The summed E-state index contributed by atoms with van der Waals surface area (Å²) in [5, 5.41) is 7.93. The van der Waals surface area contributed by atoms with Crippen molar-refractivity contribution in [1.29, 1.82) is 0 Å². The lowest BCUT2D eigenvalue weighted by atomic mass is 9.32. The molecule has 0 saturated carbocycles. The lowest BCUT2D eigenvalue weighted by Crippen LogP contribution is -2.58. The number of fused-ring (bicyclic) bond motifs is 8. The summed E-state index contributed by atoms with van der Waals surface area (Å²) >= 11 is 15.0. The van der Waals surface area contributed by atoms with E-state index in [0.29, 0.717) is 0 Å². The molecule has 2 nitrogen and oxygen atoms in total. The molecule has 0 atom stereocenters. The molecular weight excluding hydrogens is 854 g/mol. The monoisotopic (exact) mass is 866 g/mol. The van der Waals surface area contributed by atoms with Gasteiger partial charge in [0, 0.05) is 17.9 Å². The second-order valence-electron chi connectivity index (χ2n) is 13.3. The van der Waals surface area contributed by atoms with Crippen LogP contribution in [0.2, 0.25) is 0 Å². The minimum atomic E-state index is 0.0635. The van der Waals surface area contributed by atoms with Gasteiger partial charge in [-0.05, 0) is 125 Å². The lowest BCUT2D eigenvalue weighted by Gasteiger charge is -2.36. The molecule has 4 aliphatic rings. The summed E-state index contributed by atoms with van der Waals surface area (Å²) in [7, 11) is 0.